The molecule has 0 aliphatic carbocycles. The van der Waals surface area contributed by atoms with Crippen LogP contribution in [-0.2, 0) is 11.8 Å². The summed E-state index contributed by atoms with van der Waals surface area (Å²) in [5, 5.41) is 0. The van der Waals surface area contributed by atoms with Crippen LogP contribution in [0.25, 0.3) is 17.4 Å². The molecule has 1 fully saturated rings. The Morgan fingerprint density at radius 1 is 0.976 bits per heavy atom. The summed E-state index contributed by atoms with van der Waals surface area (Å²) in [5.41, 5.74) is 2.63. The van der Waals surface area contributed by atoms with Crippen molar-refractivity contribution in [3.8, 4) is 5.69 Å². The first-order chi connectivity index (χ1) is 19.7. The summed E-state index contributed by atoms with van der Waals surface area (Å²) < 4.78 is 4.97. The van der Waals surface area contributed by atoms with E-state index in [4.69, 9.17) is 17.2 Å². The molecule has 212 valence electrons. The average Bonchev–Trinajstić information content (AvgIpc) is 3.35. The quantitative estimate of drug-likeness (QED) is 0.215. The maximum atomic E-state index is 13.9. The zero-order chi connectivity index (χ0) is 29.4. The van der Waals surface area contributed by atoms with Gasteiger partial charge in [0.1, 0.15) is 17.2 Å². The number of para-hydroxylation sites is 1. The minimum absolute atomic E-state index is 0.199. The highest BCUT2D eigenvalue weighted by Crippen LogP contribution is 2.37. The lowest BCUT2D eigenvalue weighted by Gasteiger charge is -2.24. The molecule has 1 aromatic carbocycles. The molecule has 5 rings (SSSR count). The van der Waals surface area contributed by atoms with Gasteiger partial charge in [0.2, 0.25) is 0 Å². The summed E-state index contributed by atoms with van der Waals surface area (Å²) in [6.07, 6.45) is 5.08. The summed E-state index contributed by atoms with van der Waals surface area (Å²) >= 11 is 6.72. The van der Waals surface area contributed by atoms with Gasteiger partial charge in [0, 0.05) is 26.3 Å². The number of carbonyl (C=O) groups excluding carboxylic acids is 1. The number of amides is 1. The third-order valence-electron chi connectivity index (χ3n) is 7.09. The van der Waals surface area contributed by atoms with Crippen molar-refractivity contribution in [3.63, 3.8) is 0 Å². The highest BCUT2D eigenvalue weighted by molar-refractivity contribution is 8.27. The highest BCUT2D eigenvalue weighted by Gasteiger charge is 2.38. The summed E-state index contributed by atoms with van der Waals surface area (Å²) in [6, 6.07) is 13.0. The second-order valence-corrected chi connectivity index (χ2v) is 11.7. The van der Waals surface area contributed by atoms with Crippen molar-refractivity contribution in [3.05, 3.63) is 91.1 Å². The number of hydrogen-bond donors (Lipinski definition) is 0. The molecule has 1 aliphatic heterocycles. The molecule has 4 aromatic rings. The number of thioether (sulfide) groups is 1. The number of pyridine rings is 1. The summed E-state index contributed by atoms with van der Waals surface area (Å²) in [5.74, 6) is 0.0957. The van der Waals surface area contributed by atoms with Gasteiger partial charge in [-0.3, -0.25) is 28.4 Å². The average molecular weight is 589 g/mol. The van der Waals surface area contributed by atoms with Gasteiger partial charge in [-0.1, -0.05) is 62.1 Å². The Labute approximate surface area is 247 Å². The van der Waals surface area contributed by atoms with Crippen LogP contribution in [0.1, 0.15) is 43.5 Å². The molecule has 0 spiro atoms. The van der Waals surface area contributed by atoms with Crippen LogP contribution in [0.5, 0.6) is 0 Å². The van der Waals surface area contributed by atoms with Crippen LogP contribution < -0.4 is 20.9 Å². The molecule has 0 bridgehead atoms. The SMILES string of the molecule is CCCN(CCC)c1nc2ccc(C)cn2c(=O)c1C=C1SC(=S)N(c2c(C)n(C)n(-c3ccccc3)c2=O)C1=O. The van der Waals surface area contributed by atoms with Gasteiger partial charge in [0.05, 0.1) is 21.8 Å². The zero-order valence-corrected chi connectivity index (χ0v) is 25.4. The normalized spacial score (nSPS) is 14.6. The van der Waals surface area contributed by atoms with Gasteiger partial charge < -0.3 is 4.90 Å². The number of rotatable bonds is 8. The summed E-state index contributed by atoms with van der Waals surface area (Å²) in [4.78, 5) is 50.0. The highest BCUT2D eigenvalue weighted by atomic mass is 32.2. The molecular formula is C30H32N6O3S2. The van der Waals surface area contributed by atoms with Crippen molar-refractivity contribution in [1.29, 1.82) is 0 Å². The maximum absolute atomic E-state index is 13.9. The number of carbonyl (C=O) groups is 1. The van der Waals surface area contributed by atoms with Crippen molar-refractivity contribution in [1.82, 2.24) is 18.7 Å². The maximum Gasteiger partial charge on any atom is 0.296 e. The fourth-order valence-corrected chi connectivity index (χ4v) is 6.33. The standard InChI is InChI=1S/C30H32N6O3S2/c1-6-15-33(16-7-2)26-22(27(37)34-18-19(3)13-14-24(34)31-26)17-23-28(38)35(30(40)41-23)25-20(4)32(5)36(29(25)39)21-11-9-8-10-12-21/h8-14,17-18H,6-7,15-16H2,1-5H3. The topological polar surface area (TPSA) is 84.8 Å². The summed E-state index contributed by atoms with van der Waals surface area (Å²) in [7, 11) is 1.77. The lowest BCUT2D eigenvalue weighted by atomic mass is 10.2. The van der Waals surface area contributed by atoms with Gasteiger partial charge >= 0.3 is 0 Å². The first kappa shape index (κ1) is 28.6. The zero-order valence-electron chi connectivity index (χ0n) is 23.7. The number of hydrogen-bond acceptors (Lipinski definition) is 7. The van der Waals surface area contributed by atoms with Gasteiger partial charge in [0.25, 0.3) is 17.0 Å². The Hall–Kier alpha value is -3.96. The largest absolute Gasteiger partial charge is 0.356 e. The van der Waals surface area contributed by atoms with Crippen molar-refractivity contribution in [2.75, 3.05) is 22.9 Å². The van der Waals surface area contributed by atoms with Gasteiger partial charge in [-0.25, -0.2) is 9.67 Å². The van der Waals surface area contributed by atoms with Crippen LogP contribution in [0.2, 0.25) is 0 Å². The van der Waals surface area contributed by atoms with Crippen LogP contribution in [0.4, 0.5) is 11.5 Å². The molecule has 0 atom stereocenters. The van der Waals surface area contributed by atoms with Crippen LogP contribution in [0.3, 0.4) is 0 Å². The Balaban J connectivity index is 1.66. The second kappa shape index (κ2) is 11.5. The van der Waals surface area contributed by atoms with E-state index in [1.54, 1.807) is 30.9 Å². The predicted molar refractivity (Wildman–Crippen MR) is 170 cm³/mol. The second-order valence-electron chi connectivity index (χ2n) is 10.0. The molecule has 1 saturated heterocycles. The Morgan fingerprint density at radius 3 is 2.32 bits per heavy atom. The van der Waals surface area contributed by atoms with E-state index in [1.165, 1.54) is 14.0 Å². The van der Waals surface area contributed by atoms with Gasteiger partial charge in [-0.05, 0) is 56.5 Å². The molecule has 0 N–H and O–H groups in total. The number of benzene rings is 1. The van der Waals surface area contributed by atoms with E-state index in [-0.39, 0.29) is 26.0 Å². The number of thiocarbonyl (C=S) groups is 1. The van der Waals surface area contributed by atoms with Gasteiger partial charge in [-0.15, -0.1) is 0 Å². The molecule has 0 unspecified atom stereocenters. The van der Waals surface area contributed by atoms with E-state index in [9.17, 15) is 14.4 Å². The fourth-order valence-electron chi connectivity index (χ4n) is 5.08. The molecule has 41 heavy (non-hydrogen) atoms. The lowest BCUT2D eigenvalue weighted by Crippen LogP contribution is -2.33. The van der Waals surface area contributed by atoms with Gasteiger partial charge in [0.15, 0.2) is 4.32 Å². The minimum atomic E-state index is -0.441. The van der Waals surface area contributed by atoms with Crippen molar-refractivity contribution < 1.29 is 4.79 Å². The third-order valence-corrected chi connectivity index (χ3v) is 8.39. The third kappa shape index (κ3) is 5.04. The van der Waals surface area contributed by atoms with E-state index >= 15 is 0 Å². The lowest BCUT2D eigenvalue weighted by molar-refractivity contribution is -0.113. The Kier molecular flexibility index (Phi) is 8.01. The monoisotopic (exact) mass is 588 g/mol. The molecule has 0 saturated carbocycles. The number of nitrogens with zero attached hydrogens (tertiary/aromatic N) is 6. The van der Waals surface area contributed by atoms with E-state index in [0.717, 1.165) is 30.2 Å². The van der Waals surface area contributed by atoms with Crippen molar-refractivity contribution >= 4 is 57.4 Å². The van der Waals surface area contributed by atoms with E-state index in [1.807, 2.05) is 49.4 Å². The smallest absolute Gasteiger partial charge is 0.296 e. The van der Waals surface area contributed by atoms with E-state index < -0.39 is 5.91 Å². The Morgan fingerprint density at radius 2 is 1.66 bits per heavy atom. The molecule has 1 amide bonds. The molecule has 4 heterocycles. The fraction of sp³-hybridized carbons (Fsp3) is 0.300. The molecule has 3 aromatic heterocycles. The van der Waals surface area contributed by atoms with E-state index in [0.29, 0.717) is 41.5 Å². The summed E-state index contributed by atoms with van der Waals surface area (Å²) in [6.45, 7) is 9.28. The molecule has 1 aliphatic rings. The first-order valence-corrected chi connectivity index (χ1v) is 14.8. The number of anilines is 2. The minimum Gasteiger partial charge on any atom is -0.356 e. The van der Waals surface area contributed by atoms with Crippen LogP contribution >= 0.6 is 24.0 Å². The molecular weight excluding hydrogens is 557 g/mol. The molecule has 11 heteroatoms. The number of fused-ring (bicyclic) bond motifs is 1. The molecule has 9 nitrogen and oxygen atoms in total. The number of aromatic nitrogens is 4. The van der Waals surface area contributed by atoms with Crippen molar-refractivity contribution in [2.24, 2.45) is 7.05 Å². The van der Waals surface area contributed by atoms with Crippen LogP contribution in [0, 0.1) is 13.8 Å². The van der Waals surface area contributed by atoms with Crippen LogP contribution in [0.15, 0.2) is 63.2 Å². The van der Waals surface area contributed by atoms with Crippen LogP contribution in [-0.4, -0.2) is 42.1 Å². The first-order valence-electron chi connectivity index (χ1n) is 13.6. The van der Waals surface area contributed by atoms with Gasteiger partial charge in [-0.2, -0.15) is 0 Å². The number of aryl methyl sites for hydroxylation is 1. The Bertz CT molecular complexity index is 1810. The van der Waals surface area contributed by atoms with E-state index in [2.05, 4.69) is 18.7 Å². The molecule has 0 radical (unpaired) electrons. The van der Waals surface area contributed by atoms with Crippen molar-refractivity contribution in [2.45, 2.75) is 40.5 Å². The predicted octanol–water partition coefficient (Wildman–Crippen LogP) is 4.83.